The molecule has 0 radical (unpaired) electrons. The van der Waals surface area contributed by atoms with Gasteiger partial charge in [-0.15, -0.1) is 0 Å². The molecule has 0 atom stereocenters. The first-order valence-corrected chi connectivity index (χ1v) is 5.28. The molecule has 2 heterocycles. The first kappa shape index (κ1) is 11.4. The smallest absolute Gasteiger partial charge is 0.237 e. The third kappa shape index (κ3) is 2.34. The lowest BCUT2D eigenvalue weighted by Crippen LogP contribution is -2.06. The molecule has 2 aromatic heterocycles. The summed E-state index contributed by atoms with van der Waals surface area (Å²) in [5.74, 6) is 0.357. The summed E-state index contributed by atoms with van der Waals surface area (Å²) in [5.41, 5.74) is -0.766. The van der Waals surface area contributed by atoms with E-state index in [-0.39, 0.29) is 0 Å². The highest BCUT2D eigenvalue weighted by Crippen LogP contribution is 2.28. The molecule has 16 heavy (non-hydrogen) atoms. The monoisotopic (exact) mass is 339 g/mol. The number of halogens is 4. The molecule has 2 aromatic rings. The molecule has 0 aliphatic carbocycles. The van der Waals surface area contributed by atoms with Gasteiger partial charge in [-0.25, -0.2) is 9.67 Å². The Bertz CT molecular complexity index is 489. The fourth-order valence-corrected chi connectivity index (χ4v) is 1.50. The number of pyridine rings is 1. The van der Waals surface area contributed by atoms with E-state index >= 15 is 0 Å². The van der Waals surface area contributed by atoms with Crippen molar-refractivity contribution >= 4 is 22.6 Å². The van der Waals surface area contributed by atoms with Gasteiger partial charge in [0.15, 0.2) is 5.82 Å². The lowest BCUT2D eigenvalue weighted by molar-refractivity contribution is -0.137. The number of hydrogen-bond acceptors (Lipinski definition) is 2. The largest absolute Gasteiger partial charge is 0.417 e. The molecule has 0 saturated heterocycles. The zero-order valence-electron chi connectivity index (χ0n) is 7.74. The Morgan fingerprint density at radius 3 is 2.38 bits per heavy atom. The summed E-state index contributed by atoms with van der Waals surface area (Å²) in [4.78, 5) is 3.71. The fraction of sp³-hybridized carbons (Fsp3) is 0.111. The molecule has 0 N–H and O–H groups in total. The maximum Gasteiger partial charge on any atom is 0.417 e. The number of hydrogen-bond donors (Lipinski definition) is 0. The molecule has 0 spiro atoms. The van der Waals surface area contributed by atoms with Gasteiger partial charge in [0.25, 0.3) is 0 Å². The molecule has 0 fully saturated rings. The van der Waals surface area contributed by atoms with E-state index < -0.39 is 11.7 Å². The molecule has 0 unspecified atom stereocenters. The number of alkyl halides is 3. The Morgan fingerprint density at radius 2 is 1.94 bits per heavy atom. The van der Waals surface area contributed by atoms with Crippen molar-refractivity contribution in [1.82, 2.24) is 14.8 Å². The molecule has 0 aliphatic rings. The first-order valence-electron chi connectivity index (χ1n) is 4.20. The predicted octanol–water partition coefficient (Wildman–Crippen LogP) is 2.89. The van der Waals surface area contributed by atoms with Gasteiger partial charge < -0.3 is 0 Å². The van der Waals surface area contributed by atoms with Crippen molar-refractivity contribution in [1.29, 1.82) is 0 Å². The summed E-state index contributed by atoms with van der Waals surface area (Å²) >= 11 is 2.06. The minimum absolute atomic E-state index is 0.357. The summed E-state index contributed by atoms with van der Waals surface area (Å²) in [6.07, 6.45) is -0.288. The molecule has 84 valence electrons. The molecular weight excluding hydrogens is 334 g/mol. The van der Waals surface area contributed by atoms with Crippen LogP contribution in [-0.4, -0.2) is 14.8 Å². The van der Waals surface area contributed by atoms with E-state index in [1.807, 2.05) is 0 Å². The van der Waals surface area contributed by atoms with Crippen LogP contribution in [0.5, 0.6) is 0 Å². The van der Waals surface area contributed by atoms with Gasteiger partial charge in [-0.3, -0.25) is 0 Å². The second kappa shape index (κ2) is 4.04. The molecule has 0 aromatic carbocycles. The molecule has 0 aliphatic heterocycles. The van der Waals surface area contributed by atoms with Crippen LogP contribution < -0.4 is 0 Å². The highest BCUT2D eigenvalue weighted by Gasteiger charge is 2.30. The Labute approximate surface area is 102 Å². The SMILES string of the molecule is FC(F)(F)c1ccc(-n2cc(I)cn2)nc1. The lowest BCUT2D eigenvalue weighted by Gasteiger charge is -2.06. The van der Waals surface area contributed by atoms with Crippen molar-refractivity contribution < 1.29 is 13.2 Å². The van der Waals surface area contributed by atoms with Crippen LogP contribution in [0.15, 0.2) is 30.7 Å². The summed E-state index contributed by atoms with van der Waals surface area (Å²) in [7, 11) is 0. The Morgan fingerprint density at radius 1 is 1.19 bits per heavy atom. The van der Waals surface area contributed by atoms with Gasteiger partial charge in [0.2, 0.25) is 0 Å². The average molecular weight is 339 g/mol. The highest BCUT2D eigenvalue weighted by atomic mass is 127. The average Bonchev–Trinajstić information content (AvgIpc) is 2.64. The van der Waals surface area contributed by atoms with Crippen molar-refractivity contribution in [3.63, 3.8) is 0 Å². The van der Waals surface area contributed by atoms with E-state index in [4.69, 9.17) is 0 Å². The van der Waals surface area contributed by atoms with Crippen LogP contribution in [0.25, 0.3) is 5.82 Å². The highest BCUT2D eigenvalue weighted by molar-refractivity contribution is 14.1. The second-order valence-corrected chi connectivity index (χ2v) is 4.25. The van der Waals surface area contributed by atoms with Crippen LogP contribution in [0.1, 0.15) is 5.56 Å². The van der Waals surface area contributed by atoms with Gasteiger partial charge in [0.05, 0.1) is 15.3 Å². The van der Waals surface area contributed by atoms with Crippen LogP contribution in [0.2, 0.25) is 0 Å². The minimum atomic E-state index is -4.36. The topological polar surface area (TPSA) is 30.7 Å². The third-order valence-electron chi connectivity index (χ3n) is 1.86. The molecule has 0 bridgehead atoms. The van der Waals surface area contributed by atoms with E-state index in [0.717, 1.165) is 15.8 Å². The van der Waals surface area contributed by atoms with Gasteiger partial charge in [0.1, 0.15) is 0 Å². The molecule has 7 heteroatoms. The van der Waals surface area contributed by atoms with Crippen molar-refractivity contribution in [3.8, 4) is 5.82 Å². The van der Waals surface area contributed by atoms with Gasteiger partial charge in [-0.2, -0.15) is 18.3 Å². The number of nitrogens with zero attached hydrogens (tertiary/aromatic N) is 3. The Kier molecular flexibility index (Phi) is 2.87. The maximum absolute atomic E-state index is 12.3. The molecule has 3 nitrogen and oxygen atoms in total. The van der Waals surface area contributed by atoms with Crippen molar-refractivity contribution in [2.45, 2.75) is 6.18 Å². The molecule has 0 saturated carbocycles. The Hall–Kier alpha value is -1.12. The van der Waals surface area contributed by atoms with Crippen molar-refractivity contribution in [2.24, 2.45) is 0 Å². The quantitative estimate of drug-likeness (QED) is 0.748. The van der Waals surface area contributed by atoms with Crippen LogP contribution >= 0.6 is 22.6 Å². The van der Waals surface area contributed by atoms with Crippen LogP contribution in [-0.2, 0) is 6.18 Å². The summed E-state index contributed by atoms with van der Waals surface area (Å²) in [6, 6.07) is 2.27. The van der Waals surface area contributed by atoms with Gasteiger partial charge >= 0.3 is 6.18 Å². The minimum Gasteiger partial charge on any atom is -0.237 e. The fourth-order valence-electron chi connectivity index (χ4n) is 1.12. The molecule has 2 rings (SSSR count). The number of aromatic nitrogens is 3. The summed E-state index contributed by atoms with van der Waals surface area (Å²) in [5, 5.41) is 3.94. The van der Waals surface area contributed by atoms with Gasteiger partial charge in [-0.1, -0.05) is 0 Å². The molecule has 0 amide bonds. The number of rotatable bonds is 1. The normalized spacial score (nSPS) is 11.8. The lowest BCUT2D eigenvalue weighted by atomic mass is 10.3. The predicted molar refractivity (Wildman–Crippen MR) is 59.1 cm³/mol. The van der Waals surface area contributed by atoms with E-state index in [1.165, 1.54) is 10.7 Å². The third-order valence-corrected chi connectivity index (χ3v) is 2.42. The Balaban J connectivity index is 2.33. The van der Waals surface area contributed by atoms with E-state index in [2.05, 4.69) is 32.7 Å². The zero-order chi connectivity index (χ0) is 11.8. The van der Waals surface area contributed by atoms with Crippen LogP contribution in [0, 0.1) is 3.57 Å². The zero-order valence-corrected chi connectivity index (χ0v) is 9.90. The second-order valence-electron chi connectivity index (χ2n) is 3.01. The van der Waals surface area contributed by atoms with Gasteiger partial charge in [-0.05, 0) is 34.7 Å². The van der Waals surface area contributed by atoms with E-state index in [0.29, 0.717) is 5.82 Å². The standard InChI is InChI=1S/C9H5F3IN3/c10-9(11,12)6-1-2-8(14-3-6)16-5-7(13)4-15-16/h1-5H. The summed E-state index contributed by atoms with van der Waals surface area (Å²) < 4.78 is 39.1. The van der Waals surface area contributed by atoms with E-state index in [1.54, 1.807) is 12.4 Å². The van der Waals surface area contributed by atoms with Gasteiger partial charge in [0, 0.05) is 12.4 Å². The van der Waals surface area contributed by atoms with E-state index in [9.17, 15) is 13.2 Å². The van der Waals surface area contributed by atoms with Crippen molar-refractivity contribution in [3.05, 3.63) is 39.9 Å². The van der Waals surface area contributed by atoms with Crippen LogP contribution in [0.4, 0.5) is 13.2 Å². The van der Waals surface area contributed by atoms with Crippen molar-refractivity contribution in [2.75, 3.05) is 0 Å². The summed E-state index contributed by atoms with van der Waals surface area (Å²) in [6.45, 7) is 0. The van der Waals surface area contributed by atoms with Crippen LogP contribution in [0.3, 0.4) is 0 Å². The first-order chi connectivity index (χ1) is 7.47. The molecular formula is C9H5F3IN3. The maximum atomic E-state index is 12.3.